The Morgan fingerprint density at radius 1 is 0.867 bits per heavy atom. The van der Waals surface area contributed by atoms with E-state index in [1.54, 1.807) is 29.2 Å². The molecule has 8 heteroatoms. The lowest BCUT2D eigenvalue weighted by Gasteiger charge is -2.31. The summed E-state index contributed by atoms with van der Waals surface area (Å²) in [6, 6.07) is 15.4. The summed E-state index contributed by atoms with van der Waals surface area (Å²) < 4.78 is 5.47. The summed E-state index contributed by atoms with van der Waals surface area (Å²) in [4.78, 5) is 56.2. The highest BCUT2D eigenvalue weighted by Crippen LogP contribution is 2.25. The van der Waals surface area contributed by atoms with Crippen LogP contribution < -0.4 is 4.74 Å². The monoisotopic (exact) mass is 408 g/mol. The van der Waals surface area contributed by atoms with Gasteiger partial charge in [0.1, 0.15) is 5.75 Å². The van der Waals surface area contributed by atoms with E-state index in [2.05, 4.69) is 0 Å². The van der Waals surface area contributed by atoms with Crippen molar-refractivity contribution in [1.29, 1.82) is 0 Å². The fourth-order valence-corrected chi connectivity index (χ4v) is 3.53. The van der Waals surface area contributed by atoms with Gasteiger partial charge in [0, 0.05) is 13.1 Å². The summed E-state index contributed by atoms with van der Waals surface area (Å²) in [7, 11) is 0. The number of hydrogen-bond donors (Lipinski definition) is 0. The average molecular weight is 408 g/mol. The molecule has 2 aromatic carbocycles. The molecule has 8 nitrogen and oxygen atoms in total. The second-order valence-electron chi connectivity index (χ2n) is 7.12. The second-order valence-corrected chi connectivity index (χ2v) is 7.12. The summed E-state index contributed by atoms with van der Waals surface area (Å²) in [6.45, 7) is 0.673. The van der Waals surface area contributed by atoms with Crippen molar-refractivity contribution in [2.75, 3.05) is 19.7 Å². The minimum atomic E-state index is -0.644. The number of piperidine rings is 1. The van der Waals surface area contributed by atoms with Crippen LogP contribution in [0.25, 0.3) is 0 Å². The first-order valence-electron chi connectivity index (χ1n) is 9.70. The third-order valence-corrected chi connectivity index (χ3v) is 5.22. The van der Waals surface area contributed by atoms with Gasteiger partial charge in [-0.25, -0.2) is 4.79 Å². The molecule has 2 aliphatic heterocycles. The van der Waals surface area contributed by atoms with Gasteiger partial charge in [-0.15, -0.1) is 0 Å². The number of rotatable bonds is 5. The van der Waals surface area contributed by atoms with Crippen molar-refractivity contribution in [2.45, 2.75) is 12.8 Å². The number of nitrogens with zero attached hydrogens (tertiary/aromatic N) is 2. The van der Waals surface area contributed by atoms with Crippen LogP contribution in [0.3, 0.4) is 0 Å². The van der Waals surface area contributed by atoms with Gasteiger partial charge < -0.3 is 14.5 Å². The molecule has 2 heterocycles. The smallest absolute Gasteiger partial charge is 0.336 e. The number of para-hydroxylation sites is 1. The van der Waals surface area contributed by atoms with Crippen molar-refractivity contribution in [3.8, 4) is 5.75 Å². The normalized spacial score (nSPS) is 16.4. The molecule has 1 fully saturated rings. The molecule has 30 heavy (non-hydrogen) atoms. The van der Waals surface area contributed by atoms with Gasteiger partial charge in [-0.2, -0.15) is 0 Å². The van der Waals surface area contributed by atoms with Crippen molar-refractivity contribution >= 4 is 23.7 Å². The summed E-state index contributed by atoms with van der Waals surface area (Å²) in [5, 5.41) is 0.526. The number of carbonyl (C=O) groups excluding carboxylic acids is 4. The minimum Gasteiger partial charge on any atom is -0.484 e. The standard InChI is InChI=1S/C22H20N2O6/c25-19(14-29-16-6-2-1-3-7-16)23-12-10-15(11-13-23)22(28)30-24-20(26)17-8-4-5-9-18(17)21(24)27/h1-9,15H,10-14H2. The van der Waals surface area contributed by atoms with Crippen LogP contribution in [0.1, 0.15) is 33.6 Å². The number of hydrogen-bond acceptors (Lipinski definition) is 6. The van der Waals surface area contributed by atoms with Gasteiger partial charge in [-0.1, -0.05) is 35.4 Å². The molecule has 0 spiro atoms. The number of fused-ring (bicyclic) bond motifs is 1. The number of ether oxygens (including phenoxy) is 1. The first-order chi connectivity index (χ1) is 14.5. The van der Waals surface area contributed by atoms with Crippen LogP contribution in [-0.4, -0.2) is 53.4 Å². The fourth-order valence-electron chi connectivity index (χ4n) is 3.53. The van der Waals surface area contributed by atoms with E-state index >= 15 is 0 Å². The van der Waals surface area contributed by atoms with Gasteiger partial charge in [0.15, 0.2) is 6.61 Å². The van der Waals surface area contributed by atoms with Gasteiger partial charge >= 0.3 is 5.97 Å². The molecule has 0 atom stereocenters. The number of carbonyl (C=O) groups is 4. The maximum absolute atomic E-state index is 12.5. The Morgan fingerprint density at radius 3 is 2.03 bits per heavy atom. The van der Waals surface area contributed by atoms with Crippen LogP contribution >= 0.6 is 0 Å². The van der Waals surface area contributed by atoms with Crippen molar-refractivity contribution in [3.63, 3.8) is 0 Å². The van der Waals surface area contributed by atoms with Gasteiger partial charge in [-0.05, 0) is 37.1 Å². The van der Waals surface area contributed by atoms with Crippen LogP contribution in [0.4, 0.5) is 0 Å². The largest absolute Gasteiger partial charge is 0.484 e. The average Bonchev–Trinajstić information content (AvgIpc) is 3.03. The first-order valence-corrected chi connectivity index (χ1v) is 9.70. The molecule has 0 bridgehead atoms. The zero-order valence-electron chi connectivity index (χ0n) is 16.2. The molecule has 154 valence electrons. The van der Waals surface area contributed by atoms with Crippen LogP contribution in [0, 0.1) is 5.92 Å². The fraction of sp³-hybridized carbons (Fsp3) is 0.273. The topological polar surface area (TPSA) is 93.2 Å². The van der Waals surface area contributed by atoms with Gasteiger partial charge in [0.05, 0.1) is 17.0 Å². The van der Waals surface area contributed by atoms with E-state index in [-0.39, 0.29) is 23.6 Å². The van der Waals surface area contributed by atoms with Gasteiger partial charge in [0.25, 0.3) is 17.7 Å². The molecule has 3 amide bonds. The zero-order valence-corrected chi connectivity index (χ0v) is 16.2. The molecular formula is C22H20N2O6. The van der Waals surface area contributed by atoms with Crippen LogP contribution in [0.5, 0.6) is 5.75 Å². The van der Waals surface area contributed by atoms with Crippen molar-refractivity contribution in [3.05, 3.63) is 65.7 Å². The maximum atomic E-state index is 12.5. The number of imide groups is 1. The van der Waals surface area contributed by atoms with Gasteiger partial charge in [0.2, 0.25) is 0 Å². The summed E-state index contributed by atoms with van der Waals surface area (Å²) in [5.74, 6) is -1.97. The van der Waals surface area contributed by atoms with E-state index in [1.165, 1.54) is 12.1 Å². The highest BCUT2D eigenvalue weighted by molar-refractivity contribution is 6.20. The Hall–Kier alpha value is -3.68. The van der Waals surface area contributed by atoms with Crippen molar-refractivity contribution in [1.82, 2.24) is 9.96 Å². The van der Waals surface area contributed by atoms with Gasteiger partial charge in [-0.3, -0.25) is 14.4 Å². The lowest BCUT2D eigenvalue weighted by molar-refractivity contribution is -0.175. The predicted octanol–water partition coefficient (Wildman–Crippen LogP) is 2.06. The van der Waals surface area contributed by atoms with Crippen LogP contribution in [0.2, 0.25) is 0 Å². The number of amides is 3. The van der Waals surface area contributed by atoms with Crippen LogP contribution in [-0.2, 0) is 14.4 Å². The Labute approximate surface area is 172 Å². The minimum absolute atomic E-state index is 0.0752. The lowest BCUT2D eigenvalue weighted by atomic mass is 9.97. The number of benzene rings is 2. The Balaban J connectivity index is 1.27. The van der Waals surface area contributed by atoms with E-state index < -0.39 is 23.7 Å². The molecule has 0 aliphatic carbocycles. The SMILES string of the molecule is O=C(ON1C(=O)c2ccccc2C1=O)C1CCN(C(=O)COc2ccccc2)CC1. The lowest BCUT2D eigenvalue weighted by Crippen LogP contribution is -2.44. The molecule has 0 unspecified atom stereocenters. The zero-order chi connectivity index (χ0) is 21.1. The van der Waals surface area contributed by atoms with Crippen molar-refractivity contribution < 1.29 is 28.8 Å². The van der Waals surface area contributed by atoms with E-state index in [1.807, 2.05) is 18.2 Å². The van der Waals surface area contributed by atoms with E-state index in [0.29, 0.717) is 36.7 Å². The molecule has 2 aliphatic rings. The highest BCUT2D eigenvalue weighted by atomic mass is 16.7. The molecule has 0 radical (unpaired) electrons. The molecule has 0 aromatic heterocycles. The second kappa shape index (κ2) is 8.36. The molecule has 2 aromatic rings. The number of hydroxylamine groups is 2. The van der Waals surface area contributed by atoms with Crippen molar-refractivity contribution in [2.24, 2.45) is 5.92 Å². The van der Waals surface area contributed by atoms with E-state index in [9.17, 15) is 19.2 Å². The number of likely N-dealkylation sites (tertiary alicyclic amines) is 1. The van der Waals surface area contributed by atoms with E-state index in [4.69, 9.17) is 9.57 Å². The molecule has 1 saturated heterocycles. The third-order valence-electron chi connectivity index (χ3n) is 5.22. The Bertz CT molecular complexity index is 947. The first kappa shape index (κ1) is 19.6. The molecule has 4 rings (SSSR count). The van der Waals surface area contributed by atoms with E-state index in [0.717, 1.165) is 0 Å². The Morgan fingerprint density at radius 2 is 1.43 bits per heavy atom. The maximum Gasteiger partial charge on any atom is 0.336 e. The summed E-state index contributed by atoms with van der Waals surface area (Å²) in [5.41, 5.74) is 0.434. The summed E-state index contributed by atoms with van der Waals surface area (Å²) in [6.07, 6.45) is 0.776. The molecule has 0 saturated carbocycles. The van der Waals surface area contributed by atoms with Crippen LogP contribution in [0.15, 0.2) is 54.6 Å². The molecular weight excluding hydrogens is 388 g/mol. The molecule has 0 N–H and O–H groups in total. The Kier molecular flexibility index (Phi) is 5.47. The highest BCUT2D eigenvalue weighted by Gasteiger charge is 2.40. The third kappa shape index (κ3) is 3.89. The quantitative estimate of drug-likeness (QED) is 0.703. The summed E-state index contributed by atoms with van der Waals surface area (Å²) >= 11 is 0. The predicted molar refractivity (Wildman–Crippen MR) is 104 cm³/mol.